The number of carbonyl (C=O) groups excluding carboxylic acids is 4. The molecule has 16 nitrogen and oxygen atoms in total. The molecule has 6 aliphatic heterocycles. The van der Waals surface area contributed by atoms with Crippen molar-refractivity contribution in [2.45, 2.75) is 83.3 Å². The number of halogens is 2. The van der Waals surface area contributed by atoms with Crippen molar-refractivity contribution < 1.29 is 37.8 Å². The van der Waals surface area contributed by atoms with Gasteiger partial charge in [0.2, 0.25) is 11.8 Å². The molecule has 0 spiro atoms. The zero-order valence-corrected chi connectivity index (χ0v) is 42.4. The number of pyridine rings is 1. The predicted octanol–water partition coefficient (Wildman–Crippen LogP) is 6.12. The van der Waals surface area contributed by atoms with E-state index < -0.39 is 41.3 Å². The van der Waals surface area contributed by atoms with Crippen LogP contribution in [-0.4, -0.2) is 149 Å². The number of anilines is 2. The van der Waals surface area contributed by atoms with E-state index in [1.54, 1.807) is 18.3 Å². The van der Waals surface area contributed by atoms with Gasteiger partial charge in [-0.25, -0.2) is 8.78 Å². The number of phenols is 1. The molecule has 1 saturated carbocycles. The number of hydrogen-bond donors (Lipinski definition) is 3. The Labute approximate surface area is 434 Å². The number of phenolic OH excluding ortho intramolecular Hbond substituents is 1. The van der Waals surface area contributed by atoms with Crippen molar-refractivity contribution >= 4 is 56.8 Å². The Balaban J connectivity index is 0.702. The standard InChI is InChI=1S/C57H62F2N10O6/c1-4-40-45(58)8-5-35-23-39(70)25-43(48(35)40)50-49(59)51-44(26-60-50)52(68-28-36-21-32(2)33(3)22-37(29-68)61-36)64-56(63-51)75-31-57(13-14-57)30-66-19-17-65(18-20-66)27-34-11-15-67(16-12-34)38-6-7-41-42(24-38)55(74)69(54(41)73)46-9-10-47(71)62-53(46)72/h1,5-8,23-26,32-34,36-37,46,61,70H,9-22,27-31H2,2-3H3,(H,62,71,72). The van der Waals surface area contributed by atoms with E-state index in [-0.39, 0.29) is 75.4 Å². The number of imide groups is 2. The van der Waals surface area contributed by atoms with Crippen molar-refractivity contribution in [1.82, 2.24) is 40.3 Å². The third-order valence-corrected chi connectivity index (χ3v) is 17.4. The van der Waals surface area contributed by atoms with Gasteiger partial charge in [-0.05, 0) is 104 Å². The van der Waals surface area contributed by atoms with Crippen molar-refractivity contribution in [3.8, 4) is 35.4 Å². The molecule has 390 valence electrons. The first-order valence-corrected chi connectivity index (χ1v) is 26.7. The Morgan fingerprint density at radius 3 is 2.27 bits per heavy atom. The highest BCUT2D eigenvalue weighted by Gasteiger charge is 2.47. The molecule has 3 N–H and O–H groups in total. The Morgan fingerprint density at radius 1 is 0.840 bits per heavy atom. The van der Waals surface area contributed by atoms with Gasteiger partial charge in [0.1, 0.15) is 34.6 Å². The normalized spacial score (nSPS) is 25.4. The van der Waals surface area contributed by atoms with Crippen LogP contribution in [-0.2, 0) is 9.59 Å². The quantitative estimate of drug-likeness (QED) is 0.102. The molecule has 4 amide bonds. The van der Waals surface area contributed by atoms with Gasteiger partial charge in [-0.3, -0.25) is 34.4 Å². The summed E-state index contributed by atoms with van der Waals surface area (Å²) in [5.41, 5.74) is 1.42. The molecule has 8 heterocycles. The Morgan fingerprint density at radius 2 is 1.56 bits per heavy atom. The summed E-state index contributed by atoms with van der Waals surface area (Å²) in [5.74, 6) is 1.09. The van der Waals surface area contributed by atoms with Crippen LogP contribution in [0.4, 0.5) is 20.3 Å². The summed E-state index contributed by atoms with van der Waals surface area (Å²) in [6, 6.07) is 10.5. The molecule has 75 heavy (non-hydrogen) atoms. The first-order chi connectivity index (χ1) is 36.2. The van der Waals surface area contributed by atoms with Gasteiger partial charge in [-0.2, -0.15) is 9.97 Å². The Kier molecular flexibility index (Phi) is 12.7. The van der Waals surface area contributed by atoms with Crippen LogP contribution in [0.1, 0.15) is 91.5 Å². The molecular formula is C57H62F2N10O6. The topological polar surface area (TPSA) is 177 Å². The van der Waals surface area contributed by atoms with Crippen LogP contribution in [0.15, 0.2) is 48.7 Å². The largest absolute Gasteiger partial charge is 0.508 e. The number of nitrogens with zero attached hydrogens (tertiary/aromatic N) is 8. The second kappa shape index (κ2) is 19.4. The van der Waals surface area contributed by atoms with Crippen LogP contribution in [0.5, 0.6) is 11.8 Å². The maximum Gasteiger partial charge on any atom is 0.319 e. The summed E-state index contributed by atoms with van der Waals surface area (Å²) in [6.07, 6.45) is 13.6. The summed E-state index contributed by atoms with van der Waals surface area (Å²) < 4.78 is 39.1. The number of rotatable bonds is 11. The van der Waals surface area contributed by atoms with Gasteiger partial charge in [-0.15, -0.1) is 6.42 Å². The van der Waals surface area contributed by atoms with E-state index in [0.717, 1.165) is 101 Å². The lowest BCUT2D eigenvalue weighted by Gasteiger charge is -2.40. The minimum absolute atomic E-state index is 0.0301. The van der Waals surface area contributed by atoms with Gasteiger partial charge in [0.25, 0.3) is 11.8 Å². The molecule has 0 radical (unpaired) electrons. The van der Waals surface area contributed by atoms with Crippen LogP contribution in [0.25, 0.3) is 32.9 Å². The summed E-state index contributed by atoms with van der Waals surface area (Å²) in [7, 11) is 0. The molecule has 5 saturated heterocycles. The lowest BCUT2D eigenvalue weighted by Crippen LogP contribution is -2.56. The molecular weight excluding hydrogens is 959 g/mol. The fourth-order valence-corrected chi connectivity index (χ4v) is 12.9. The van der Waals surface area contributed by atoms with Gasteiger partial charge in [-0.1, -0.05) is 25.8 Å². The Hall–Kier alpha value is -6.81. The maximum atomic E-state index is 17.4. The lowest BCUT2D eigenvalue weighted by molar-refractivity contribution is -0.136. The molecule has 18 heteroatoms. The SMILES string of the molecule is C#Cc1c(F)ccc2cc(O)cc(-c3ncc4c(N5CC6CC(C)C(C)CC(C5)N6)nc(OCC5(CN6CCN(CC7CCN(c8ccc9c(c8)C(=O)N(C8CCC(=O)NC8=O)C9=O)CC7)CC6)CC5)nc4c3F)c12. The van der Waals surface area contributed by atoms with E-state index in [1.807, 2.05) is 6.07 Å². The van der Waals surface area contributed by atoms with Crippen molar-refractivity contribution in [3.63, 3.8) is 0 Å². The van der Waals surface area contributed by atoms with Crippen molar-refractivity contribution in [2.24, 2.45) is 23.2 Å². The molecule has 5 atom stereocenters. The number of benzene rings is 3. The number of nitrogens with one attached hydrogen (secondary N) is 2. The molecule has 2 bridgehead atoms. The number of fused-ring (bicyclic) bond motifs is 5. The number of piperidine rings is 2. The lowest BCUT2D eigenvalue weighted by atomic mass is 9.89. The summed E-state index contributed by atoms with van der Waals surface area (Å²) in [5, 5.41) is 18.0. The first kappa shape index (κ1) is 49.1. The summed E-state index contributed by atoms with van der Waals surface area (Å²) in [6.45, 7) is 13.7. The van der Waals surface area contributed by atoms with E-state index in [4.69, 9.17) is 21.1 Å². The fourth-order valence-electron chi connectivity index (χ4n) is 12.9. The highest BCUT2D eigenvalue weighted by atomic mass is 19.1. The average molecular weight is 1020 g/mol. The number of carbonyl (C=O) groups is 4. The third kappa shape index (κ3) is 9.30. The number of terminal acetylenes is 1. The highest BCUT2D eigenvalue weighted by Crippen LogP contribution is 2.47. The van der Waals surface area contributed by atoms with Crippen molar-refractivity contribution in [1.29, 1.82) is 0 Å². The Bertz CT molecular complexity index is 3180. The van der Waals surface area contributed by atoms with Gasteiger partial charge in [0.15, 0.2) is 5.82 Å². The maximum absolute atomic E-state index is 17.4. The second-order valence-electron chi connectivity index (χ2n) is 22.5. The molecule has 7 aliphatic rings. The number of hydrogen-bond acceptors (Lipinski definition) is 14. The van der Waals surface area contributed by atoms with E-state index in [2.05, 4.69) is 55.0 Å². The van der Waals surface area contributed by atoms with Crippen LogP contribution in [0, 0.1) is 47.1 Å². The van der Waals surface area contributed by atoms with Crippen LogP contribution >= 0.6 is 0 Å². The number of amides is 4. The predicted molar refractivity (Wildman–Crippen MR) is 278 cm³/mol. The van der Waals surface area contributed by atoms with E-state index in [0.29, 0.717) is 59.6 Å². The third-order valence-electron chi connectivity index (χ3n) is 17.4. The van der Waals surface area contributed by atoms with E-state index >= 15 is 8.78 Å². The van der Waals surface area contributed by atoms with E-state index in [1.165, 1.54) is 24.3 Å². The van der Waals surface area contributed by atoms with E-state index in [9.17, 15) is 24.3 Å². The molecule has 3 aromatic carbocycles. The minimum Gasteiger partial charge on any atom is -0.508 e. The average Bonchev–Trinajstić information content (AvgIpc) is 4.15. The van der Waals surface area contributed by atoms with Gasteiger partial charge in [0.05, 0.1) is 28.7 Å². The van der Waals surface area contributed by atoms with Crippen LogP contribution in [0.3, 0.4) is 0 Å². The number of aromatic hydroxyl groups is 1. The van der Waals surface area contributed by atoms with Crippen LogP contribution in [0.2, 0.25) is 0 Å². The summed E-state index contributed by atoms with van der Waals surface area (Å²) in [4.78, 5) is 76.0. The van der Waals surface area contributed by atoms with Crippen molar-refractivity contribution in [2.75, 3.05) is 81.9 Å². The monoisotopic (exact) mass is 1020 g/mol. The zero-order valence-electron chi connectivity index (χ0n) is 42.4. The molecule has 6 fully saturated rings. The fraction of sp³-hybridized carbons (Fsp3) is 0.491. The number of aromatic nitrogens is 3. The highest BCUT2D eigenvalue weighted by molar-refractivity contribution is 6.23. The molecule has 5 unspecified atom stereocenters. The molecule has 12 rings (SSSR count). The van der Waals surface area contributed by atoms with Crippen LogP contribution < -0.4 is 25.2 Å². The van der Waals surface area contributed by atoms with Crippen molar-refractivity contribution in [3.05, 3.63) is 77.0 Å². The molecule has 2 aromatic heterocycles. The summed E-state index contributed by atoms with van der Waals surface area (Å²) >= 11 is 0. The second-order valence-corrected chi connectivity index (χ2v) is 22.5. The molecule has 1 aliphatic carbocycles. The molecule has 5 aromatic rings. The minimum atomic E-state index is -0.990. The van der Waals surface area contributed by atoms with Gasteiger partial charge in [0, 0.05) is 112 Å². The first-order valence-electron chi connectivity index (χ1n) is 26.7. The zero-order chi connectivity index (χ0) is 51.9. The number of ether oxygens (including phenoxy) is 1. The van der Waals surface area contributed by atoms with Gasteiger partial charge < -0.3 is 34.8 Å². The smallest absolute Gasteiger partial charge is 0.319 e. The van der Waals surface area contributed by atoms with Gasteiger partial charge >= 0.3 is 6.01 Å². The number of piperazine rings is 2.